The molecule has 1 unspecified atom stereocenters. The van der Waals surface area contributed by atoms with Gasteiger partial charge in [0.1, 0.15) is 5.75 Å². The van der Waals surface area contributed by atoms with Crippen LogP contribution in [0.15, 0.2) is 53.7 Å². The van der Waals surface area contributed by atoms with Crippen molar-refractivity contribution in [2.24, 2.45) is 0 Å². The number of nitrogens with one attached hydrogen (secondary N) is 1. The topological polar surface area (TPSA) is 80.8 Å². The van der Waals surface area contributed by atoms with Gasteiger partial charge in [0.05, 0.1) is 30.8 Å². The summed E-state index contributed by atoms with van der Waals surface area (Å²) in [5, 5.41) is 0. The van der Waals surface area contributed by atoms with Crippen molar-refractivity contribution in [3.8, 4) is 5.75 Å². The molecule has 0 aliphatic carbocycles. The van der Waals surface area contributed by atoms with Gasteiger partial charge in [-0.05, 0) is 42.8 Å². The maximum Gasteiger partial charge on any atom is 0.240 e. The Morgan fingerprint density at radius 3 is 2.59 bits per heavy atom. The van der Waals surface area contributed by atoms with Crippen molar-refractivity contribution in [1.29, 1.82) is 0 Å². The number of hydrogen-bond acceptors (Lipinski definition) is 6. The first-order valence-corrected chi connectivity index (χ1v) is 10.5. The maximum absolute atomic E-state index is 12.7. The molecule has 1 atom stereocenters. The Bertz CT molecular complexity index is 807. The smallest absolute Gasteiger partial charge is 0.240 e. The van der Waals surface area contributed by atoms with Gasteiger partial charge in [0.15, 0.2) is 0 Å². The number of hydrogen-bond donors (Lipinski definition) is 1. The monoisotopic (exact) mass is 391 g/mol. The SMILES string of the molecule is CCOc1ccc(S(=O)(=O)NCC(c2cccnc2)N2CCOCC2)cc1. The molecule has 27 heavy (non-hydrogen) atoms. The third-order valence-corrected chi connectivity index (χ3v) is 5.91. The van der Waals surface area contributed by atoms with E-state index in [1.807, 2.05) is 19.1 Å². The van der Waals surface area contributed by atoms with Gasteiger partial charge in [-0.25, -0.2) is 13.1 Å². The standard InChI is InChI=1S/C19H25N3O4S/c1-2-26-17-5-7-18(8-6-17)27(23,24)21-15-19(16-4-3-9-20-14-16)22-10-12-25-13-11-22/h3-9,14,19,21H,2,10-13,15H2,1H3. The molecule has 2 aromatic rings. The van der Waals surface area contributed by atoms with Crippen molar-refractivity contribution < 1.29 is 17.9 Å². The first kappa shape index (κ1) is 19.8. The van der Waals surface area contributed by atoms with Crippen LogP contribution >= 0.6 is 0 Å². The Kier molecular flexibility index (Phi) is 6.78. The molecule has 1 aromatic carbocycles. The van der Waals surface area contributed by atoms with E-state index in [-0.39, 0.29) is 17.5 Å². The van der Waals surface area contributed by atoms with Gasteiger partial charge in [-0.3, -0.25) is 9.88 Å². The third-order valence-electron chi connectivity index (χ3n) is 4.47. The summed E-state index contributed by atoms with van der Waals surface area (Å²) in [4.78, 5) is 6.62. The first-order valence-electron chi connectivity index (χ1n) is 9.04. The molecule has 1 saturated heterocycles. The van der Waals surface area contributed by atoms with Gasteiger partial charge < -0.3 is 9.47 Å². The molecule has 146 valence electrons. The van der Waals surface area contributed by atoms with Crippen LogP contribution in [0.25, 0.3) is 0 Å². The normalized spacial score (nSPS) is 16.8. The molecule has 0 spiro atoms. The lowest BCUT2D eigenvalue weighted by molar-refractivity contribution is 0.0171. The average Bonchev–Trinajstić information content (AvgIpc) is 2.70. The molecule has 7 nitrogen and oxygen atoms in total. The predicted octanol–water partition coefficient (Wildman–Crippen LogP) is 1.83. The van der Waals surface area contributed by atoms with E-state index in [9.17, 15) is 8.42 Å². The average molecular weight is 391 g/mol. The fourth-order valence-corrected chi connectivity index (χ4v) is 4.11. The molecule has 0 radical (unpaired) electrons. The van der Waals surface area contributed by atoms with Crippen LogP contribution in [0.1, 0.15) is 18.5 Å². The minimum absolute atomic E-state index is 0.0972. The zero-order valence-corrected chi connectivity index (χ0v) is 16.2. The highest BCUT2D eigenvalue weighted by atomic mass is 32.2. The van der Waals surface area contributed by atoms with E-state index in [1.165, 1.54) is 0 Å². The molecule has 1 aliphatic rings. The van der Waals surface area contributed by atoms with Crippen molar-refractivity contribution in [2.75, 3.05) is 39.5 Å². The first-order chi connectivity index (χ1) is 13.1. The summed E-state index contributed by atoms with van der Waals surface area (Å²) in [7, 11) is -3.62. The summed E-state index contributed by atoms with van der Waals surface area (Å²) in [6.07, 6.45) is 3.50. The van der Waals surface area contributed by atoms with Gasteiger partial charge in [0, 0.05) is 32.0 Å². The maximum atomic E-state index is 12.7. The van der Waals surface area contributed by atoms with Crippen LogP contribution < -0.4 is 9.46 Å². The Balaban J connectivity index is 1.73. The largest absolute Gasteiger partial charge is 0.494 e. The van der Waals surface area contributed by atoms with Gasteiger partial charge in [-0.15, -0.1) is 0 Å². The van der Waals surface area contributed by atoms with E-state index in [0.29, 0.717) is 25.6 Å². The molecule has 0 bridgehead atoms. The van der Waals surface area contributed by atoms with Crippen LogP contribution in [-0.4, -0.2) is 57.8 Å². The van der Waals surface area contributed by atoms with E-state index in [1.54, 1.807) is 36.7 Å². The molecule has 0 saturated carbocycles. The second-order valence-electron chi connectivity index (χ2n) is 6.21. The highest BCUT2D eigenvalue weighted by Crippen LogP contribution is 2.22. The fourth-order valence-electron chi connectivity index (χ4n) is 3.07. The van der Waals surface area contributed by atoms with Crippen LogP contribution in [0.5, 0.6) is 5.75 Å². The van der Waals surface area contributed by atoms with Gasteiger partial charge in [-0.1, -0.05) is 6.07 Å². The van der Waals surface area contributed by atoms with Crippen molar-refractivity contribution in [2.45, 2.75) is 17.9 Å². The fraction of sp³-hybridized carbons (Fsp3) is 0.421. The number of aromatic nitrogens is 1. The van der Waals surface area contributed by atoms with Gasteiger partial charge >= 0.3 is 0 Å². The summed E-state index contributed by atoms with van der Waals surface area (Å²) < 4.78 is 39.0. The van der Waals surface area contributed by atoms with Crippen molar-refractivity contribution in [3.05, 3.63) is 54.4 Å². The number of nitrogens with zero attached hydrogens (tertiary/aromatic N) is 2. The van der Waals surface area contributed by atoms with Gasteiger partial charge in [0.2, 0.25) is 10.0 Å². The number of morpholine rings is 1. The summed E-state index contributed by atoms with van der Waals surface area (Å²) in [6.45, 7) is 5.48. The van der Waals surface area contributed by atoms with Crippen LogP contribution in [0.2, 0.25) is 0 Å². The number of pyridine rings is 1. The lowest BCUT2D eigenvalue weighted by atomic mass is 10.1. The third kappa shape index (κ3) is 5.26. The molecular weight excluding hydrogens is 366 g/mol. The van der Waals surface area contributed by atoms with Crippen LogP contribution in [0, 0.1) is 0 Å². The molecule has 1 N–H and O–H groups in total. The van der Waals surface area contributed by atoms with Gasteiger partial charge in [0.25, 0.3) is 0 Å². The van der Waals surface area contributed by atoms with E-state index in [0.717, 1.165) is 18.7 Å². The van der Waals surface area contributed by atoms with Crippen molar-refractivity contribution >= 4 is 10.0 Å². The minimum Gasteiger partial charge on any atom is -0.494 e. The molecular formula is C19H25N3O4S. The Morgan fingerprint density at radius 1 is 1.22 bits per heavy atom. The molecule has 1 aliphatic heterocycles. The Hall–Kier alpha value is -2.00. The van der Waals surface area contributed by atoms with E-state index in [2.05, 4.69) is 14.6 Å². The second-order valence-corrected chi connectivity index (χ2v) is 7.97. The van der Waals surface area contributed by atoms with Crippen LogP contribution in [0.4, 0.5) is 0 Å². The van der Waals surface area contributed by atoms with Crippen LogP contribution in [-0.2, 0) is 14.8 Å². The number of ether oxygens (including phenoxy) is 2. The zero-order valence-electron chi connectivity index (χ0n) is 15.4. The van der Waals surface area contributed by atoms with E-state index >= 15 is 0 Å². The highest BCUT2D eigenvalue weighted by Gasteiger charge is 2.25. The molecule has 2 heterocycles. The number of benzene rings is 1. The predicted molar refractivity (Wildman–Crippen MR) is 102 cm³/mol. The Morgan fingerprint density at radius 2 is 1.96 bits per heavy atom. The number of rotatable bonds is 8. The molecule has 0 amide bonds. The molecule has 3 rings (SSSR count). The Labute approximate surface area is 160 Å². The zero-order chi connectivity index (χ0) is 19.1. The summed E-state index contributed by atoms with van der Waals surface area (Å²) in [5.74, 6) is 0.651. The molecule has 8 heteroatoms. The summed E-state index contributed by atoms with van der Waals surface area (Å²) in [5.41, 5.74) is 0.980. The van der Waals surface area contributed by atoms with Crippen molar-refractivity contribution in [3.63, 3.8) is 0 Å². The number of sulfonamides is 1. The van der Waals surface area contributed by atoms with Crippen molar-refractivity contribution in [1.82, 2.24) is 14.6 Å². The second kappa shape index (κ2) is 9.27. The molecule has 1 aromatic heterocycles. The summed E-state index contributed by atoms with van der Waals surface area (Å²) in [6, 6.07) is 10.2. The summed E-state index contributed by atoms with van der Waals surface area (Å²) >= 11 is 0. The quantitative estimate of drug-likeness (QED) is 0.740. The highest BCUT2D eigenvalue weighted by molar-refractivity contribution is 7.89. The molecule has 1 fully saturated rings. The van der Waals surface area contributed by atoms with E-state index < -0.39 is 10.0 Å². The van der Waals surface area contributed by atoms with E-state index in [4.69, 9.17) is 9.47 Å². The van der Waals surface area contributed by atoms with Crippen LogP contribution in [0.3, 0.4) is 0 Å². The lowest BCUT2D eigenvalue weighted by Gasteiger charge is -2.34. The van der Waals surface area contributed by atoms with Gasteiger partial charge in [-0.2, -0.15) is 0 Å². The minimum atomic E-state index is -3.62. The lowest BCUT2D eigenvalue weighted by Crippen LogP contribution is -2.43.